The van der Waals surface area contributed by atoms with Crippen LogP contribution in [0, 0.1) is 0 Å². The molecule has 0 unspecified atom stereocenters. The lowest BCUT2D eigenvalue weighted by atomic mass is 10.2. The number of rotatable bonds is 6. The Bertz CT molecular complexity index is 535. The van der Waals surface area contributed by atoms with E-state index in [-0.39, 0.29) is 0 Å². The molecule has 0 amide bonds. The van der Waals surface area contributed by atoms with Gasteiger partial charge in [0.05, 0.1) is 0 Å². The van der Waals surface area contributed by atoms with Gasteiger partial charge < -0.3 is 5.11 Å². The zero-order chi connectivity index (χ0) is 14.4. The summed E-state index contributed by atoms with van der Waals surface area (Å²) in [6, 6.07) is 15.9. The Morgan fingerprint density at radius 3 is 2.25 bits per heavy atom. The minimum Gasteiger partial charge on any atom is -0.508 e. The Hall–Kier alpha value is -1.45. The fourth-order valence-electron chi connectivity index (χ4n) is 2.06. The van der Waals surface area contributed by atoms with Crippen LogP contribution in [-0.2, 0) is 6.54 Å². The largest absolute Gasteiger partial charge is 0.508 e. The number of phenols is 1. The first-order valence-corrected chi connectivity index (χ1v) is 7.81. The molecule has 2 aromatic rings. The van der Waals surface area contributed by atoms with E-state index in [9.17, 15) is 5.11 Å². The van der Waals surface area contributed by atoms with E-state index in [0.717, 1.165) is 24.5 Å². The molecule has 1 N–H and O–H groups in total. The SMILES string of the molecule is CCN(CC)Cc1ccccc1Sc1ccc(O)cc1. The van der Waals surface area contributed by atoms with Crippen LogP contribution >= 0.6 is 11.8 Å². The summed E-state index contributed by atoms with van der Waals surface area (Å²) in [5.74, 6) is 0.311. The zero-order valence-electron chi connectivity index (χ0n) is 12.0. The van der Waals surface area contributed by atoms with Gasteiger partial charge in [-0.2, -0.15) is 0 Å². The average Bonchev–Trinajstić information content (AvgIpc) is 2.48. The topological polar surface area (TPSA) is 23.5 Å². The Kier molecular flexibility index (Phi) is 5.50. The molecule has 0 bridgehead atoms. The molecule has 20 heavy (non-hydrogen) atoms. The first kappa shape index (κ1) is 14.9. The third-order valence-electron chi connectivity index (χ3n) is 3.33. The van der Waals surface area contributed by atoms with Gasteiger partial charge in [-0.05, 0) is 49.0 Å². The van der Waals surface area contributed by atoms with Gasteiger partial charge in [0.2, 0.25) is 0 Å². The van der Waals surface area contributed by atoms with Crippen molar-refractivity contribution < 1.29 is 5.11 Å². The van der Waals surface area contributed by atoms with Gasteiger partial charge in [-0.3, -0.25) is 4.90 Å². The molecule has 3 heteroatoms. The second-order valence-corrected chi connectivity index (χ2v) is 5.78. The monoisotopic (exact) mass is 287 g/mol. The fraction of sp³-hybridized carbons (Fsp3) is 0.294. The standard InChI is InChI=1S/C17H21NOS/c1-3-18(4-2)13-14-7-5-6-8-17(14)20-16-11-9-15(19)10-12-16/h5-12,19H,3-4,13H2,1-2H3. The third-order valence-corrected chi connectivity index (χ3v) is 4.45. The van der Waals surface area contributed by atoms with Crippen LogP contribution in [0.2, 0.25) is 0 Å². The molecule has 0 saturated carbocycles. The van der Waals surface area contributed by atoms with Crippen LogP contribution in [-0.4, -0.2) is 23.1 Å². The summed E-state index contributed by atoms with van der Waals surface area (Å²) in [7, 11) is 0. The van der Waals surface area contributed by atoms with Crippen molar-refractivity contribution in [2.24, 2.45) is 0 Å². The maximum absolute atomic E-state index is 9.34. The molecule has 0 aliphatic rings. The molecule has 0 aliphatic heterocycles. The maximum atomic E-state index is 9.34. The van der Waals surface area contributed by atoms with E-state index < -0.39 is 0 Å². The maximum Gasteiger partial charge on any atom is 0.115 e. The van der Waals surface area contributed by atoms with Crippen LogP contribution in [0.15, 0.2) is 58.3 Å². The van der Waals surface area contributed by atoms with E-state index in [1.54, 1.807) is 23.9 Å². The molecule has 0 aromatic heterocycles. The number of phenolic OH excluding ortho intramolecular Hbond substituents is 1. The van der Waals surface area contributed by atoms with E-state index >= 15 is 0 Å². The van der Waals surface area contributed by atoms with E-state index in [0.29, 0.717) is 5.75 Å². The van der Waals surface area contributed by atoms with Gasteiger partial charge in [0, 0.05) is 16.3 Å². The highest BCUT2D eigenvalue weighted by Crippen LogP contribution is 2.31. The summed E-state index contributed by atoms with van der Waals surface area (Å²) in [4.78, 5) is 4.84. The van der Waals surface area contributed by atoms with Crippen LogP contribution < -0.4 is 0 Å². The van der Waals surface area contributed by atoms with Crippen molar-refractivity contribution in [1.29, 1.82) is 0 Å². The van der Waals surface area contributed by atoms with Crippen molar-refractivity contribution in [2.75, 3.05) is 13.1 Å². The third kappa shape index (κ3) is 4.02. The Balaban J connectivity index is 2.17. The highest BCUT2D eigenvalue weighted by molar-refractivity contribution is 7.99. The molecule has 2 aromatic carbocycles. The van der Waals surface area contributed by atoms with Gasteiger partial charge in [0.1, 0.15) is 5.75 Å². The minimum absolute atomic E-state index is 0.311. The highest BCUT2D eigenvalue weighted by Gasteiger charge is 2.07. The van der Waals surface area contributed by atoms with Gasteiger partial charge in [-0.1, -0.05) is 43.8 Å². The van der Waals surface area contributed by atoms with Crippen molar-refractivity contribution >= 4 is 11.8 Å². The predicted octanol–water partition coefficient (Wildman–Crippen LogP) is 4.39. The van der Waals surface area contributed by atoms with Gasteiger partial charge in [0.25, 0.3) is 0 Å². The second kappa shape index (κ2) is 7.36. The van der Waals surface area contributed by atoms with E-state index in [4.69, 9.17) is 0 Å². The van der Waals surface area contributed by atoms with Crippen molar-refractivity contribution in [3.63, 3.8) is 0 Å². The van der Waals surface area contributed by atoms with Crippen molar-refractivity contribution in [1.82, 2.24) is 4.90 Å². The first-order valence-electron chi connectivity index (χ1n) is 7.00. The summed E-state index contributed by atoms with van der Waals surface area (Å²) in [5, 5.41) is 9.34. The van der Waals surface area contributed by atoms with Crippen molar-refractivity contribution in [3.05, 3.63) is 54.1 Å². The number of hydrogen-bond acceptors (Lipinski definition) is 3. The fourth-order valence-corrected chi connectivity index (χ4v) is 3.00. The molecule has 0 spiro atoms. The quantitative estimate of drug-likeness (QED) is 0.852. The molecule has 0 atom stereocenters. The van der Waals surface area contributed by atoms with Crippen LogP contribution in [0.3, 0.4) is 0 Å². The summed E-state index contributed by atoms with van der Waals surface area (Å²) in [6.45, 7) is 7.50. The molecule has 0 aliphatic carbocycles. The predicted molar refractivity (Wildman–Crippen MR) is 85.3 cm³/mol. The normalized spacial score (nSPS) is 10.9. The molecule has 106 valence electrons. The minimum atomic E-state index is 0.311. The molecule has 2 rings (SSSR count). The van der Waals surface area contributed by atoms with Crippen LogP contribution in [0.5, 0.6) is 5.75 Å². The first-order chi connectivity index (χ1) is 9.72. The number of nitrogens with zero attached hydrogens (tertiary/aromatic N) is 1. The smallest absolute Gasteiger partial charge is 0.115 e. The molecule has 0 heterocycles. The average molecular weight is 287 g/mol. The lowest BCUT2D eigenvalue weighted by Crippen LogP contribution is -2.22. The number of hydrogen-bond donors (Lipinski definition) is 1. The van der Waals surface area contributed by atoms with Gasteiger partial charge in [-0.15, -0.1) is 0 Å². The van der Waals surface area contributed by atoms with Gasteiger partial charge in [0.15, 0.2) is 0 Å². The molecular formula is C17H21NOS. The Labute approximate surface area is 125 Å². The summed E-state index contributed by atoms with van der Waals surface area (Å²) in [5.41, 5.74) is 1.36. The number of aromatic hydroxyl groups is 1. The van der Waals surface area contributed by atoms with Crippen LogP contribution in [0.25, 0.3) is 0 Å². The molecule has 0 fully saturated rings. The zero-order valence-corrected chi connectivity index (χ0v) is 12.9. The van der Waals surface area contributed by atoms with Crippen LogP contribution in [0.1, 0.15) is 19.4 Å². The second-order valence-electron chi connectivity index (χ2n) is 4.67. The Morgan fingerprint density at radius 2 is 1.60 bits per heavy atom. The van der Waals surface area contributed by atoms with Crippen LogP contribution in [0.4, 0.5) is 0 Å². The Morgan fingerprint density at radius 1 is 0.950 bits per heavy atom. The summed E-state index contributed by atoms with van der Waals surface area (Å²) in [6.07, 6.45) is 0. The highest BCUT2D eigenvalue weighted by atomic mass is 32.2. The molecule has 0 radical (unpaired) electrons. The number of benzene rings is 2. The molecule has 2 nitrogen and oxygen atoms in total. The summed E-state index contributed by atoms with van der Waals surface area (Å²) < 4.78 is 0. The lowest BCUT2D eigenvalue weighted by Gasteiger charge is -2.19. The van der Waals surface area contributed by atoms with E-state index in [2.05, 4.69) is 43.0 Å². The van der Waals surface area contributed by atoms with Gasteiger partial charge >= 0.3 is 0 Å². The van der Waals surface area contributed by atoms with Crippen molar-refractivity contribution in [2.45, 2.75) is 30.2 Å². The van der Waals surface area contributed by atoms with Gasteiger partial charge in [-0.25, -0.2) is 0 Å². The molecule has 0 saturated heterocycles. The summed E-state index contributed by atoms with van der Waals surface area (Å²) >= 11 is 1.75. The van der Waals surface area contributed by atoms with Crippen molar-refractivity contribution in [3.8, 4) is 5.75 Å². The van der Waals surface area contributed by atoms with E-state index in [1.807, 2.05) is 12.1 Å². The lowest BCUT2D eigenvalue weighted by molar-refractivity contribution is 0.294. The molecular weight excluding hydrogens is 266 g/mol. The van der Waals surface area contributed by atoms with E-state index in [1.165, 1.54) is 10.5 Å².